The van der Waals surface area contributed by atoms with Crippen LogP contribution in [0.15, 0.2) is 24.3 Å². The molecule has 0 atom stereocenters. The molecule has 6 nitrogen and oxygen atoms in total. The van der Waals surface area contributed by atoms with Crippen molar-refractivity contribution >= 4 is 12.0 Å². The molecule has 1 aromatic carbocycles. The summed E-state index contributed by atoms with van der Waals surface area (Å²) in [4.78, 5) is 28.1. The van der Waals surface area contributed by atoms with Crippen molar-refractivity contribution in [1.82, 2.24) is 9.80 Å². The molecule has 0 saturated carbocycles. The van der Waals surface area contributed by atoms with Gasteiger partial charge in [-0.15, -0.1) is 0 Å². The quantitative estimate of drug-likeness (QED) is 0.846. The predicted octanol–water partition coefficient (Wildman–Crippen LogP) is 2.32. The van der Waals surface area contributed by atoms with E-state index >= 15 is 0 Å². The second-order valence-electron chi connectivity index (χ2n) is 6.75. The van der Waals surface area contributed by atoms with Crippen molar-refractivity contribution < 1.29 is 14.3 Å². The minimum atomic E-state index is -0.395. The molecule has 2 heterocycles. The molecule has 0 unspecified atom stereocenters. The summed E-state index contributed by atoms with van der Waals surface area (Å²) < 4.78 is 5.71. The van der Waals surface area contributed by atoms with Gasteiger partial charge in [-0.05, 0) is 24.6 Å². The van der Waals surface area contributed by atoms with Crippen LogP contribution in [-0.2, 0) is 16.0 Å². The number of rotatable bonds is 3. The van der Waals surface area contributed by atoms with Gasteiger partial charge in [0.2, 0.25) is 5.91 Å². The highest BCUT2D eigenvalue weighted by atomic mass is 16.6. The van der Waals surface area contributed by atoms with Crippen LogP contribution in [0.4, 0.5) is 4.79 Å². The van der Waals surface area contributed by atoms with Crippen molar-refractivity contribution in [3.63, 3.8) is 0 Å². The molecule has 6 heteroatoms. The zero-order valence-electron chi connectivity index (χ0n) is 14.5. The molecule has 0 bridgehead atoms. The average Bonchev–Trinajstić information content (AvgIpc) is 2.63. The number of ether oxygens (including phenoxy) is 1. The van der Waals surface area contributed by atoms with Gasteiger partial charge < -0.3 is 14.5 Å². The molecule has 3 rings (SSSR count). The minimum Gasteiger partial charge on any atom is -0.443 e. The number of carbonyl (C=O) groups excluding carboxylic acids is 2. The third kappa shape index (κ3) is 3.76. The molecule has 0 radical (unpaired) electrons. The van der Waals surface area contributed by atoms with Crippen molar-refractivity contribution in [2.24, 2.45) is 0 Å². The van der Waals surface area contributed by atoms with Gasteiger partial charge in [-0.1, -0.05) is 12.1 Å². The maximum atomic E-state index is 12.5. The number of carbonyl (C=O) groups is 2. The molecular weight excluding hydrogens is 318 g/mol. The highest BCUT2D eigenvalue weighted by Gasteiger charge is 2.43. The van der Waals surface area contributed by atoms with Gasteiger partial charge in [0, 0.05) is 45.4 Å². The van der Waals surface area contributed by atoms with Gasteiger partial charge in [0.05, 0.1) is 18.1 Å². The first-order valence-electron chi connectivity index (χ1n) is 8.80. The molecule has 1 aromatic rings. The fourth-order valence-electron chi connectivity index (χ4n) is 3.52. The number of piperidine rings is 1. The van der Waals surface area contributed by atoms with Crippen molar-refractivity contribution in [1.29, 1.82) is 5.26 Å². The van der Waals surface area contributed by atoms with Gasteiger partial charge in [-0.25, -0.2) is 4.79 Å². The van der Waals surface area contributed by atoms with Gasteiger partial charge in [-0.2, -0.15) is 5.26 Å². The molecule has 2 amide bonds. The molecule has 0 aliphatic carbocycles. The van der Waals surface area contributed by atoms with Crippen molar-refractivity contribution in [3.05, 3.63) is 35.4 Å². The summed E-state index contributed by atoms with van der Waals surface area (Å²) in [5, 5.41) is 8.82. The Hall–Kier alpha value is -2.55. The standard InChI is InChI=1S/C19H23N3O3/c1-2-21-10-7-19(25-18(21)24)8-11-22(12-9-19)17(23)13-15-3-5-16(14-20)6-4-15/h3-6H,2,7-13H2,1H3. The molecule has 2 saturated heterocycles. The van der Waals surface area contributed by atoms with E-state index in [1.165, 1.54) is 0 Å². The van der Waals surface area contributed by atoms with Crippen LogP contribution >= 0.6 is 0 Å². The molecule has 2 fully saturated rings. The van der Waals surface area contributed by atoms with Crippen LogP contribution in [0.1, 0.15) is 37.3 Å². The van der Waals surface area contributed by atoms with E-state index in [1.54, 1.807) is 17.0 Å². The Balaban J connectivity index is 1.54. The van der Waals surface area contributed by atoms with Gasteiger partial charge in [0.15, 0.2) is 0 Å². The zero-order valence-corrected chi connectivity index (χ0v) is 14.5. The van der Waals surface area contributed by atoms with E-state index in [9.17, 15) is 9.59 Å². The first kappa shape index (κ1) is 17.3. The van der Waals surface area contributed by atoms with Crippen LogP contribution in [0.5, 0.6) is 0 Å². The van der Waals surface area contributed by atoms with Crippen molar-refractivity contribution in [3.8, 4) is 6.07 Å². The molecule has 2 aliphatic rings. The second-order valence-corrected chi connectivity index (χ2v) is 6.75. The van der Waals surface area contributed by atoms with E-state index in [1.807, 2.05) is 24.0 Å². The van der Waals surface area contributed by atoms with Gasteiger partial charge in [-0.3, -0.25) is 4.79 Å². The molecule has 0 aromatic heterocycles. The van der Waals surface area contributed by atoms with Gasteiger partial charge in [0.25, 0.3) is 0 Å². The fraction of sp³-hybridized carbons (Fsp3) is 0.526. The van der Waals surface area contributed by atoms with E-state index in [0.717, 1.165) is 18.5 Å². The molecular formula is C19H23N3O3. The normalized spacial score (nSPS) is 19.4. The summed E-state index contributed by atoms with van der Waals surface area (Å²) in [6, 6.07) is 9.18. The highest BCUT2D eigenvalue weighted by molar-refractivity contribution is 5.79. The maximum absolute atomic E-state index is 12.5. The Morgan fingerprint density at radius 3 is 2.40 bits per heavy atom. The number of amides is 2. The SMILES string of the molecule is CCN1CCC2(CCN(C(=O)Cc3ccc(C#N)cc3)CC2)OC1=O. The summed E-state index contributed by atoms with van der Waals surface area (Å²) >= 11 is 0. The third-order valence-electron chi connectivity index (χ3n) is 5.25. The smallest absolute Gasteiger partial charge is 0.410 e. The van der Waals surface area contributed by atoms with Crippen LogP contribution in [0.2, 0.25) is 0 Å². The van der Waals surface area contributed by atoms with Crippen LogP contribution < -0.4 is 0 Å². The first-order valence-corrected chi connectivity index (χ1v) is 8.80. The summed E-state index contributed by atoms with van der Waals surface area (Å²) in [7, 11) is 0. The minimum absolute atomic E-state index is 0.0804. The molecule has 0 N–H and O–H groups in total. The van der Waals surface area contributed by atoms with E-state index in [2.05, 4.69) is 6.07 Å². The van der Waals surface area contributed by atoms with Gasteiger partial charge >= 0.3 is 6.09 Å². The van der Waals surface area contributed by atoms with E-state index in [4.69, 9.17) is 10.00 Å². The summed E-state index contributed by atoms with van der Waals surface area (Å²) in [6.07, 6.45) is 2.35. The summed E-state index contributed by atoms with van der Waals surface area (Å²) in [6.45, 7) is 4.59. The van der Waals surface area contributed by atoms with E-state index in [0.29, 0.717) is 44.5 Å². The fourth-order valence-corrected chi connectivity index (χ4v) is 3.52. The van der Waals surface area contributed by atoms with Gasteiger partial charge in [0.1, 0.15) is 5.60 Å². The molecule has 1 spiro atoms. The van der Waals surface area contributed by atoms with Crippen molar-refractivity contribution in [2.45, 2.75) is 38.2 Å². The Morgan fingerprint density at radius 2 is 1.84 bits per heavy atom. The topological polar surface area (TPSA) is 73.6 Å². The highest BCUT2D eigenvalue weighted by Crippen LogP contribution is 2.34. The maximum Gasteiger partial charge on any atom is 0.410 e. The lowest BCUT2D eigenvalue weighted by atomic mass is 9.86. The van der Waals surface area contributed by atoms with E-state index in [-0.39, 0.29) is 12.0 Å². The Labute approximate surface area is 148 Å². The Morgan fingerprint density at radius 1 is 1.20 bits per heavy atom. The number of benzene rings is 1. The average molecular weight is 341 g/mol. The summed E-state index contributed by atoms with van der Waals surface area (Å²) in [5.41, 5.74) is 1.11. The summed E-state index contributed by atoms with van der Waals surface area (Å²) in [5.74, 6) is 0.0804. The zero-order chi connectivity index (χ0) is 17.9. The Bertz CT molecular complexity index is 685. The molecule has 25 heavy (non-hydrogen) atoms. The lowest BCUT2D eigenvalue weighted by Crippen LogP contribution is -2.55. The Kier molecular flexibility index (Phi) is 4.93. The molecule has 132 valence electrons. The van der Waals surface area contributed by atoms with Crippen LogP contribution in [0.3, 0.4) is 0 Å². The largest absolute Gasteiger partial charge is 0.443 e. The lowest BCUT2D eigenvalue weighted by molar-refractivity contribution is -0.136. The van der Waals surface area contributed by atoms with E-state index < -0.39 is 5.60 Å². The van der Waals surface area contributed by atoms with Crippen LogP contribution in [0, 0.1) is 11.3 Å². The number of nitriles is 1. The number of hydrogen-bond acceptors (Lipinski definition) is 4. The monoisotopic (exact) mass is 341 g/mol. The second kappa shape index (κ2) is 7.14. The number of likely N-dealkylation sites (tertiary alicyclic amines) is 1. The first-order chi connectivity index (χ1) is 12.0. The third-order valence-corrected chi connectivity index (χ3v) is 5.25. The lowest BCUT2D eigenvalue weighted by Gasteiger charge is -2.45. The number of nitrogens with zero attached hydrogens (tertiary/aromatic N) is 3. The van der Waals surface area contributed by atoms with Crippen LogP contribution in [0.25, 0.3) is 0 Å². The van der Waals surface area contributed by atoms with Crippen molar-refractivity contribution in [2.75, 3.05) is 26.2 Å². The van der Waals surface area contributed by atoms with Crippen LogP contribution in [-0.4, -0.2) is 53.6 Å². The molecule has 2 aliphatic heterocycles. The predicted molar refractivity (Wildman–Crippen MR) is 91.8 cm³/mol. The number of hydrogen-bond donors (Lipinski definition) is 0.